The van der Waals surface area contributed by atoms with Crippen LogP contribution in [0.5, 0.6) is 0 Å². The summed E-state index contributed by atoms with van der Waals surface area (Å²) in [5.74, 6) is 0.530. The summed E-state index contributed by atoms with van der Waals surface area (Å²) in [4.78, 5) is 0. The molecule has 0 aliphatic rings. The third kappa shape index (κ3) is 3.66. The van der Waals surface area contributed by atoms with Gasteiger partial charge in [-0.25, -0.2) is 4.39 Å². The quantitative estimate of drug-likeness (QED) is 0.324. The van der Waals surface area contributed by atoms with Crippen molar-refractivity contribution in [2.24, 2.45) is 0 Å². The Bertz CT molecular complexity index is 1060. The summed E-state index contributed by atoms with van der Waals surface area (Å²) in [6.07, 6.45) is 0. The Morgan fingerprint density at radius 3 is 2.18 bits per heavy atom. The minimum Gasteiger partial charge on any atom is -0.316 e. The zero-order valence-corrected chi connectivity index (χ0v) is 17.6. The molecule has 3 nitrogen and oxygen atoms in total. The van der Waals surface area contributed by atoms with Gasteiger partial charge in [0.05, 0.1) is 5.82 Å². The van der Waals surface area contributed by atoms with Gasteiger partial charge in [0.25, 0.3) is 0 Å². The molecular formula is C22H16F2IrN3-. The molecule has 0 bridgehead atoms. The number of nitrogens with zero attached hydrogens (tertiary/aromatic N) is 3. The molecule has 6 heteroatoms. The maximum absolute atomic E-state index is 13.7. The van der Waals surface area contributed by atoms with Crippen LogP contribution in [-0.2, 0) is 20.1 Å². The second kappa shape index (κ2) is 8.13. The number of hydrogen-bond acceptors (Lipinski definition) is 2. The molecule has 0 aliphatic carbocycles. The number of benzene rings is 3. The van der Waals surface area contributed by atoms with E-state index in [1.807, 2.05) is 34.9 Å². The van der Waals surface area contributed by atoms with Gasteiger partial charge >= 0.3 is 0 Å². The number of hydrogen-bond donors (Lipinski definition) is 0. The summed E-state index contributed by atoms with van der Waals surface area (Å²) in [6, 6.07) is 20.4. The molecule has 3 aromatic carbocycles. The van der Waals surface area contributed by atoms with Crippen molar-refractivity contribution in [3.05, 3.63) is 89.5 Å². The molecule has 0 fully saturated rings. The van der Waals surface area contributed by atoms with Crippen molar-refractivity contribution in [3.8, 4) is 28.5 Å². The molecule has 28 heavy (non-hydrogen) atoms. The maximum atomic E-state index is 13.7. The Labute approximate surface area is 175 Å². The summed E-state index contributed by atoms with van der Waals surface area (Å²) in [5, 5.41) is 8.67. The monoisotopic (exact) mass is 553 g/mol. The van der Waals surface area contributed by atoms with Crippen LogP contribution in [0.2, 0.25) is 0 Å². The molecule has 1 radical (unpaired) electrons. The summed E-state index contributed by atoms with van der Waals surface area (Å²) < 4.78 is 29.3. The largest absolute Gasteiger partial charge is 0.316 e. The Hall–Kier alpha value is -2.69. The van der Waals surface area contributed by atoms with Gasteiger partial charge in [0.15, 0.2) is 5.82 Å². The summed E-state index contributed by atoms with van der Waals surface area (Å²) >= 11 is 0. The third-order valence-electron chi connectivity index (χ3n) is 4.43. The van der Waals surface area contributed by atoms with Crippen LogP contribution >= 0.6 is 0 Å². The molecule has 0 N–H and O–H groups in total. The Balaban J connectivity index is 0.00000225. The van der Waals surface area contributed by atoms with Crippen LogP contribution in [0.3, 0.4) is 0 Å². The van der Waals surface area contributed by atoms with Crippen molar-refractivity contribution in [2.45, 2.75) is 13.8 Å². The first-order valence-corrected chi connectivity index (χ1v) is 8.50. The predicted octanol–water partition coefficient (Wildman–Crippen LogP) is 5.29. The molecule has 1 aromatic heterocycles. The van der Waals surface area contributed by atoms with Gasteiger partial charge in [-0.2, -0.15) is 5.10 Å². The van der Waals surface area contributed by atoms with E-state index in [-0.39, 0.29) is 31.7 Å². The smallest absolute Gasteiger partial charge is 0.159 e. The van der Waals surface area contributed by atoms with Crippen LogP contribution in [0.4, 0.5) is 8.78 Å². The number of halogens is 2. The van der Waals surface area contributed by atoms with Crippen LogP contribution in [0, 0.1) is 31.5 Å². The SMILES string of the molecule is Cc1cc(-c2nnc(-c3ccc(F)c(C)c3)n2-c2ccccc2)[c-]cc1F.[Ir]. The second-order valence-corrected chi connectivity index (χ2v) is 6.36. The standard InChI is InChI=1S/C22H16F2N3.Ir/c1-14-12-16(8-10-19(14)23)21-25-26-22(17-9-11-20(24)15(2)13-17)27(21)18-6-4-3-5-7-18;/h3-8,10-13H,1-2H3;/q-1;. The van der Waals surface area contributed by atoms with Gasteiger partial charge < -0.3 is 4.57 Å². The van der Waals surface area contributed by atoms with Gasteiger partial charge in [-0.15, -0.1) is 28.9 Å². The first-order chi connectivity index (χ1) is 13.0. The fourth-order valence-electron chi connectivity index (χ4n) is 2.96. The average Bonchev–Trinajstić information content (AvgIpc) is 3.12. The molecule has 0 saturated carbocycles. The van der Waals surface area contributed by atoms with Gasteiger partial charge in [-0.3, -0.25) is 4.39 Å². The predicted molar refractivity (Wildman–Crippen MR) is 100 cm³/mol. The molecule has 0 unspecified atom stereocenters. The zero-order valence-electron chi connectivity index (χ0n) is 15.2. The molecule has 0 amide bonds. The van der Waals surface area contributed by atoms with E-state index in [4.69, 9.17) is 0 Å². The van der Waals surface area contributed by atoms with E-state index in [1.165, 1.54) is 12.1 Å². The number of para-hydroxylation sites is 1. The number of rotatable bonds is 3. The van der Waals surface area contributed by atoms with Crippen LogP contribution < -0.4 is 0 Å². The minimum absolute atomic E-state index is 0. The average molecular weight is 553 g/mol. The van der Waals surface area contributed by atoms with Crippen LogP contribution in [-0.4, -0.2) is 14.8 Å². The van der Waals surface area contributed by atoms with E-state index in [1.54, 1.807) is 32.0 Å². The Morgan fingerprint density at radius 2 is 1.50 bits per heavy atom. The molecule has 4 aromatic rings. The summed E-state index contributed by atoms with van der Waals surface area (Å²) in [5.41, 5.74) is 3.27. The molecule has 4 rings (SSSR count). The second-order valence-electron chi connectivity index (χ2n) is 6.36. The van der Waals surface area contributed by atoms with Crippen LogP contribution in [0.15, 0.2) is 60.7 Å². The third-order valence-corrected chi connectivity index (χ3v) is 4.43. The molecule has 0 aliphatic heterocycles. The van der Waals surface area contributed by atoms with Gasteiger partial charge in [0.1, 0.15) is 5.82 Å². The fraction of sp³-hybridized carbons (Fsp3) is 0.0909. The number of aryl methyl sites for hydroxylation is 2. The zero-order chi connectivity index (χ0) is 19.0. The van der Waals surface area contributed by atoms with E-state index < -0.39 is 0 Å². The van der Waals surface area contributed by atoms with Gasteiger partial charge in [0, 0.05) is 37.2 Å². The minimum atomic E-state index is -0.320. The topological polar surface area (TPSA) is 30.7 Å². The van der Waals surface area contributed by atoms with Gasteiger partial charge in [-0.05, 0) is 42.8 Å². The molecule has 0 saturated heterocycles. The first kappa shape index (κ1) is 20.1. The normalized spacial score (nSPS) is 10.6. The van der Waals surface area contributed by atoms with Crippen molar-refractivity contribution in [2.75, 3.05) is 0 Å². The van der Waals surface area contributed by atoms with Gasteiger partial charge in [-0.1, -0.05) is 30.7 Å². The molecule has 143 valence electrons. The molecule has 1 heterocycles. The van der Waals surface area contributed by atoms with E-state index in [9.17, 15) is 8.78 Å². The van der Waals surface area contributed by atoms with Crippen LogP contribution in [0.25, 0.3) is 28.5 Å². The molecule has 0 atom stereocenters. The first-order valence-electron chi connectivity index (χ1n) is 8.50. The maximum Gasteiger partial charge on any atom is 0.159 e. The van der Waals surface area contributed by atoms with E-state index in [2.05, 4.69) is 16.3 Å². The Morgan fingerprint density at radius 1 is 0.821 bits per heavy atom. The van der Waals surface area contributed by atoms with Crippen molar-refractivity contribution in [1.29, 1.82) is 0 Å². The van der Waals surface area contributed by atoms with E-state index in [0.717, 1.165) is 11.3 Å². The fourth-order valence-corrected chi connectivity index (χ4v) is 2.96. The van der Waals surface area contributed by atoms with Crippen molar-refractivity contribution >= 4 is 0 Å². The van der Waals surface area contributed by atoms with Crippen molar-refractivity contribution in [3.63, 3.8) is 0 Å². The Kier molecular flexibility index (Phi) is 5.82. The van der Waals surface area contributed by atoms with Crippen molar-refractivity contribution in [1.82, 2.24) is 14.8 Å². The summed E-state index contributed by atoms with van der Waals surface area (Å²) in [7, 11) is 0. The van der Waals surface area contributed by atoms with E-state index in [0.29, 0.717) is 28.3 Å². The van der Waals surface area contributed by atoms with Crippen molar-refractivity contribution < 1.29 is 28.9 Å². The molecular weight excluding hydrogens is 536 g/mol. The summed E-state index contributed by atoms with van der Waals surface area (Å²) in [6.45, 7) is 3.40. The van der Waals surface area contributed by atoms with Crippen LogP contribution in [0.1, 0.15) is 11.1 Å². The van der Waals surface area contributed by atoms with Gasteiger partial charge in [0.2, 0.25) is 0 Å². The van der Waals surface area contributed by atoms with E-state index >= 15 is 0 Å². The molecule has 0 spiro atoms. The number of aromatic nitrogens is 3.